The summed E-state index contributed by atoms with van der Waals surface area (Å²) in [5, 5.41) is 14.6. The third-order valence-corrected chi connectivity index (χ3v) is 4.67. The van der Waals surface area contributed by atoms with Gasteiger partial charge in [-0.3, -0.25) is 0 Å². The Morgan fingerprint density at radius 2 is 1.77 bits per heavy atom. The molecule has 0 radical (unpaired) electrons. The Labute approximate surface area is 136 Å². The maximum Gasteiger partial charge on any atom is 0.235 e. The molecule has 0 saturated heterocycles. The van der Waals surface area contributed by atoms with Crippen LogP contribution in [0.4, 0.5) is 0 Å². The molecule has 2 aromatic heterocycles. The highest BCUT2D eigenvalue weighted by atomic mass is 35.5. The minimum atomic E-state index is 0.685. The molecule has 0 amide bonds. The van der Waals surface area contributed by atoms with Gasteiger partial charge in [-0.15, -0.1) is 10.2 Å². The van der Waals surface area contributed by atoms with E-state index in [1.807, 2.05) is 36.4 Å². The average molecular weight is 327 g/mol. The van der Waals surface area contributed by atoms with Crippen LogP contribution in [0.25, 0.3) is 26.9 Å². The number of fused-ring (bicyclic) bond motifs is 1. The Balaban J connectivity index is 1.86. The SMILES string of the molecule is Cc1ccc(-c2nnc3sc(-c4ccccc4Cl)nn23)cc1. The topological polar surface area (TPSA) is 43.1 Å². The molecule has 0 saturated carbocycles. The Bertz CT molecular complexity index is 956. The summed E-state index contributed by atoms with van der Waals surface area (Å²) in [6.45, 7) is 2.06. The molecule has 0 aliphatic heterocycles. The van der Waals surface area contributed by atoms with E-state index in [1.165, 1.54) is 16.9 Å². The van der Waals surface area contributed by atoms with Crippen LogP contribution >= 0.6 is 22.9 Å². The molecule has 0 spiro atoms. The second kappa shape index (κ2) is 5.19. The van der Waals surface area contributed by atoms with Crippen molar-refractivity contribution in [3.05, 3.63) is 59.1 Å². The monoisotopic (exact) mass is 326 g/mol. The highest BCUT2D eigenvalue weighted by Gasteiger charge is 2.15. The van der Waals surface area contributed by atoms with Crippen LogP contribution in [-0.2, 0) is 0 Å². The van der Waals surface area contributed by atoms with Gasteiger partial charge in [-0.25, -0.2) is 0 Å². The smallest absolute Gasteiger partial charge is 0.182 e. The lowest BCUT2D eigenvalue weighted by atomic mass is 10.1. The Morgan fingerprint density at radius 3 is 2.55 bits per heavy atom. The summed E-state index contributed by atoms with van der Waals surface area (Å²) in [5.74, 6) is 0.740. The van der Waals surface area contributed by atoms with E-state index in [9.17, 15) is 0 Å². The molecule has 0 fully saturated rings. The van der Waals surface area contributed by atoms with Crippen molar-refractivity contribution in [2.45, 2.75) is 6.92 Å². The highest BCUT2D eigenvalue weighted by Crippen LogP contribution is 2.32. The van der Waals surface area contributed by atoms with E-state index in [0.29, 0.717) is 5.02 Å². The van der Waals surface area contributed by atoms with Crippen molar-refractivity contribution < 1.29 is 0 Å². The third kappa shape index (κ3) is 2.19. The van der Waals surface area contributed by atoms with Gasteiger partial charge in [-0.1, -0.05) is 71.0 Å². The number of nitrogens with zero attached hydrogens (tertiary/aromatic N) is 4. The lowest BCUT2D eigenvalue weighted by Crippen LogP contribution is -1.91. The second-order valence-electron chi connectivity index (χ2n) is 4.97. The van der Waals surface area contributed by atoms with Crippen LogP contribution < -0.4 is 0 Å². The molecule has 2 heterocycles. The first kappa shape index (κ1) is 13.4. The molecule has 0 aliphatic rings. The summed E-state index contributed by atoms with van der Waals surface area (Å²) in [5.41, 5.74) is 3.11. The lowest BCUT2D eigenvalue weighted by Gasteiger charge is -1.99. The molecule has 2 aromatic carbocycles. The molecule has 0 N–H and O–H groups in total. The third-order valence-electron chi connectivity index (χ3n) is 3.40. The number of halogens is 1. The fourth-order valence-corrected chi connectivity index (χ4v) is 3.40. The fraction of sp³-hybridized carbons (Fsp3) is 0.0625. The van der Waals surface area contributed by atoms with E-state index in [1.54, 1.807) is 4.52 Å². The highest BCUT2D eigenvalue weighted by molar-refractivity contribution is 7.19. The fourth-order valence-electron chi connectivity index (χ4n) is 2.24. The predicted molar refractivity (Wildman–Crippen MR) is 89.3 cm³/mol. The molecule has 6 heteroatoms. The number of hydrogen-bond acceptors (Lipinski definition) is 4. The molecule has 0 atom stereocenters. The van der Waals surface area contributed by atoms with Gasteiger partial charge in [-0.05, 0) is 13.0 Å². The molecule has 22 heavy (non-hydrogen) atoms. The van der Waals surface area contributed by atoms with Crippen LogP contribution in [0.3, 0.4) is 0 Å². The van der Waals surface area contributed by atoms with Crippen molar-refractivity contribution in [2.24, 2.45) is 0 Å². The van der Waals surface area contributed by atoms with E-state index < -0.39 is 0 Å². The lowest BCUT2D eigenvalue weighted by molar-refractivity contribution is 0.970. The summed E-state index contributed by atoms with van der Waals surface area (Å²) < 4.78 is 1.77. The van der Waals surface area contributed by atoms with Gasteiger partial charge in [0.1, 0.15) is 5.01 Å². The molecular formula is C16H11ClN4S. The molecule has 0 bridgehead atoms. The Kier molecular flexibility index (Phi) is 3.17. The zero-order valence-electron chi connectivity index (χ0n) is 11.7. The second-order valence-corrected chi connectivity index (χ2v) is 6.33. The Hall–Kier alpha value is -2.24. The van der Waals surface area contributed by atoms with Crippen LogP contribution in [0.5, 0.6) is 0 Å². The maximum atomic E-state index is 6.25. The van der Waals surface area contributed by atoms with Crippen molar-refractivity contribution in [1.29, 1.82) is 0 Å². The summed E-state index contributed by atoms with van der Waals surface area (Å²) in [7, 11) is 0. The van der Waals surface area contributed by atoms with Gasteiger partial charge in [-0.2, -0.15) is 9.61 Å². The number of hydrogen-bond donors (Lipinski definition) is 0. The average Bonchev–Trinajstić information content (AvgIpc) is 3.09. The van der Waals surface area contributed by atoms with Crippen molar-refractivity contribution >= 4 is 27.9 Å². The number of rotatable bonds is 2. The first-order chi connectivity index (χ1) is 10.7. The first-order valence-corrected chi connectivity index (χ1v) is 7.96. The van der Waals surface area contributed by atoms with E-state index in [0.717, 1.165) is 26.9 Å². The summed E-state index contributed by atoms with van der Waals surface area (Å²) >= 11 is 7.73. The molecule has 0 aliphatic carbocycles. The van der Waals surface area contributed by atoms with Crippen LogP contribution in [0, 0.1) is 6.92 Å². The first-order valence-electron chi connectivity index (χ1n) is 6.76. The molecule has 4 nitrogen and oxygen atoms in total. The van der Waals surface area contributed by atoms with E-state index in [-0.39, 0.29) is 0 Å². The van der Waals surface area contributed by atoms with Gasteiger partial charge in [0, 0.05) is 11.1 Å². The molecule has 4 aromatic rings. The largest absolute Gasteiger partial charge is 0.235 e. The van der Waals surface area contributed by atoms with Gasteiger partial charge in [0.2, 0.25) is 4.96 Å². The minimum Gasteiger partial charge on any atom is -0.182 e. The van der Waals surface area contributed by atoms with Crippen molar-refractivity contribution in [3.8, 4) is 22.0 Å². The normalized spacial score (nSPS) is 11.2. The molecule has 4 rings (SSSR count). The summed E-state index contributed by atoms with van der Waals surface area (Å²) in [4.78, 5) is 0.755. The van der Waals surface area contributed by atoms with Crippen molar-refractivity contribution in [2.75, 3.05) is 0 Å². The van der Waals surface area contributed by atoms with Gasteiger partial charge in [0.05, 0.1) is 5.02 Å². The predicted octanol–water partition coefficient (Wildman–Crippen LogP) is 4.48. The standard InChI is InChI=1S/C16H11ClN4S/c1-10-6-8-11(9-7-10)14-18-19-16-21(14)20-15(22-16)12-4-2-3-5-13(12)17/h2-9H,1H3. The quantitative estimate of drug-likeness (QED) is 0.545. The van der Waals surface area contributed by atoms with Gasteiger partial charge in [0.15, 0.2) is 5.82 Å². The minimum absolute atomic E-state index is 0.685. The van der Waals surface area contributed by atoms with Gasteiger partial charge in [0.25, 0.3) is 0 Å². The van der Waals surface area contributed by atoms with E-state index in [2.05, 4.69) is 34.4 Å². The van der Waals surface area contributed by atoms with Crippen LogP contribution in [-0.4, -0.2) is 19.8 Å². The molecule has 108 valence electrons. The van der Waals surface area contributed by atoms with Crippen LogP contribution in [0.15, 0.2) is 48.5 Å². The maximum absolute atomic E-state index is 6.25. The Morgan fingerprint density at radius 1 is 1.00 bits per heavy atom. The number of aromatic nitrogens is 4. The number of benzene rings is 2. The van der Waals surface area contributed by atoms with Gasteiger partial charge >= 0.3 is 0 Å². The van der Waals surface area contributed by atoms with Gasteiger partial charge < -0.3 is 0 Å². The van der Waals surface area contributed by atoms with E-state index in [4.69, 9.17) is 11.6 Å². The zero-order valence-corrected chi connectivity index (χ0v) is 13.3. The van der Waals surface area contributed by atoms with Crippen LogP contribution in [0.2, 0.25) is 5.02 Å². The van der Waals surface area contributed by atoms with Crippen LogP contribution in [0.1, 0.15) is 5.56 Å². The van der Waals surface area contributed by atoms with Crippen molar-refractivity contribution in [3.63, 3.8) is 0 Å². The van der Waals surface area contributed by atoms with Crippen molar-refractivity contribution in [1.82, 2.24) is 19.8 Å². The summed E-state index contributed by atoms with van der Waals surface area (Å²) in [6, 6.07) is 15.8. The van der Waals surface area contributed by atoms with E-state index >= 15 is 0 Å². The number of aryl methyl sites for hydroxylation is 1. The molecular weight excluding hydrogens is 316 g/mol. The zero-order chi connectivity index (χ0) is 15.1. The summed E-state index contributed by atoms with van der Waals surface area (Å²) in [6.07, 6.45) is 0. The molecule has 0 unspecified atom stereocenters.